The van der Waals surface area contributed by atoms with Crippen molar-refractivity contribution in [3.63, 3.8) is 0 Å². The fraction of sp³-hybridized carbons (Fsp3) is 0.188. The average Bonchev–Trinajstić information content (AvgIpc) is 3.13. The van der Waals surface area contributed by atoms with Gasteiger partial charge in [0.05, 0.1) is 11.7 Å². The highest BCUT2D eigenvalue weighted by Gasteiger charge is 2.13. The highest BCUT2D eigenvalue weighted by Crippen LogP contribution is 2.28. The zero-order valence-electron chi connectivity index (χ0n) is 11.1. The Morgan fingerprint density at radius 1 is 1.15 bits per heavy atom. The van der Waals surface area contributed by atoms with Crippen molar-refractivity contribution in [3.05, 3.63) is 53.7 Å². The monoisotopic (exact) mass is 264 g/mol. The summed E-state index contributed by atoms with van der Waals surface area (Å²) in [7, 11) is 0. The largest absolute Gasteiger partial charge is 0.384 e. The SMILES string of the molecule is c1cc2c(c(CNc3cccc4[nH]ncc34)c1)NCC2. The van der Waals surface area contributed by atoms with Crippen molar-refractivity contribution in [2.45, 2.75) is 13.0 Å². The minimum Gasteiger partial charge on any atom is -0.384 e. The van der Waals surface area contributed by atoms with Crippen LogP contribution < -0.4 is 10.6 Å². The Hall–Kier alpha value is -2.49. The van der Waals surface area contributed by atoms with E-state index in [1.54, 1.807) is 0 Å². The summed E-state index contributed by atoms with van der Waals surface area (Å²) >= 11 is 0. The molecule has 0 saturated carbocycles. The van der Waals surface area contributed by atoms with E-state index in [1.807, 2.05) is 18.3 Å². The molecule has 4 nitrogen and oxygen atoms in total. The summed E-state index contributed by atoms with van der Waals surface area (Å²) in [5.74, 6) is 0. The van der Waals surface area contributed by atoms with Crippen molar-refractivity contribution in [2.24, 2.45) is 0 Å². The Kier molecular flexibility index (Phi) is 2.59. The molecule has 0 spiro atoms. The van der Waals surface area contributed by atoms with Crippen LogP contribution in [0.25, 0.3) is 10.9 Å². The maximum absolute atomic E-state index is 4.10. The molecule has 0 saturated heterocycles. The molecular weight excluding hydrogens is 248 g/mol. The first kappa shape index (κ1) is 11.3. The van der Waals surface area contributed by atoms with Gasteiger partial charge in [-0.15, -0.1) is 0 Å². The van der Waals surface area contributed by atoms with E-state index in [0.717, 1.165) is 36.1 Å². The van der Waals surface area contributed by atoms with E-state index >= 15 is 0 Å². The fourth-order valence-electron chi connectivity index (χ4n) is 2.87. The van der Waals surface area contributed by atoms with E-state index in [-0.39, 0.29) is 0 Å². The zero-order chi connectivity index (χ0) is 13.4. The van der Waals surface area contributed by atoms with Crippen LogP contribution in [0.5, 0.6) is 0 Å². The summed E-state index contributed by atoms with van der Waals surface area (Å²) in [6.07, 6.45) is 2.99. The Morgan fingerprint density at radius 2 is 2.10 bits per heavy atom. The molecule has 3 aromatic rings. The second-order valence-electron chi connectivity index (χ2n) is 5.12. The smallest absolute Gasteiger partial charge is 0.0671 e. The van der Waals surface area contributed by atoms with Gasteiger partial charge in [0.1, 0.15) is 0 Å². The predicted molar refractivity (Wildman–Crippen MR) is 82.1 cm³/mol. The van der Waals surface area contributed by atoms with E-state index in [4.69, 9.17) is 0 Å². The van der Waals surface area contributed by atoms with Gasteiger partial charge in [-0.1, -0.05) is 24.3 Å². The molecule has 20 heavy (non-hydrogen) atoms. The van der Waals surface area contributed by atoms with Gasteiger partial charge in [0.15, 0.2) is 0 Å². The lowest BCUT2D eigenvalue weighted by Crippen LogP contribution is -2.03. The van der Waals surface area contributed by atoms with Crippen LogP contribution in [0, 0.1) is 0 Å². The van der Waals surface area contributed by atoms with E-state index in [2.05, 4.69) is 45.1 Å². The summed E-state index contributed by atoms with van der Waals surface area (Å²) in [5, 5.41) is 15.2. The van der Waals surface area contributed by atoms with Crippen molar-refractivity contribution < 1.29 is 0 Å². The topological polar surface area (TPSA) is 52.7 Å². The number of aromatic nitrogens is 2. The molecule has 4 heteroatoms. The van der Waals surface area contributed by atoms with E-state index < -0.39 is 0 Å². The Labute approximate surface area is 117 Å². The number of hydrogen-bond acceptors (Lipinski definition) is 3. The summed E-state index contributed by atoms with van der Waals surface area (Å²) in [5.41, 5.74) is 6.23. The molecule has 0 unspecified atom stereocenters. The standard InChI is InChI=1S/C16H16N4/c1-3-11-7-8-17-16(11)12(4-1)9-18-14-5-2-6-15-13(14)10-19-20-15/h1-6,10,17-18H,7-9H2,(H,19,20). The van der Waals surface area contributed by atoms with Gasteiger partial charge in [-0.3, -0.25) is 5.10 Å². The fourth-order valence-corrected chi connectivity index (χ4v) is 2.87. The molecule has 0 bridgehead atoms. The number of nitrogens with one attached hydrogen (secondary N) is 3. The first-order valence-electron chi connectivity index (χ1n) is 6.92. The van der Waals surface area contributed by atoms with Crippen molar-refractivity contribution in [1.82, 2.24) is 10.2 Å². The molecule has 4 rings (SSSR count). The van der Waals surface area contributed by atoms with E-state index in [9.17, 15) is 0 Å². The maximum Gasteiger partial charge on any atom is 0.0671 e. The number of nitrogens with zero attached hydrogens (tertiary/aromatic N) is 1. The highest BCUT2D eigenvalue weighted by molar-refractivity contribution is 5.90. The summed E-state index contributed by atoms with van der Waals surface area (Å²) < 4.78 is 0. The van der Waals surface area contributed by atoms with E-state index in [0.29, 0.717) is 0 Å². The lowest BCUT2D eigenvalue weighted by atomic mass is 10.1. The predicted octanol–water partition coefficient (Wildman–Crippen LogP) is 3.14. The molecular formula is C16H16N4. The number of fused-ring (bicyclic) bond motifs is 2. The Balaban J connectivity index is 1.62. The lowest BCUT2D eigenvalue weighted by Gasteiger charge is -2.11. The third kappa shape index (κ3) is 1.81. The van der Waals surface area contributed by atoms with Gasteiger partial charge < -0.3 is 10.6 Å². The molecule has 0 fully saturated rings. The number of H-pyrrole nitrogens is 1. The van der Waals surface area contributed by atoms with Gasteiger partial charge in [-0.05, 0) is 29.7 Å². The van der Waals surface area contributed by atoms with Gasteiger partial charge in [-0.25, -0.2) is 0 Å². The van der Waals surface area contributed by atoms with Crippen LogP contribution in [0.2, 0.25) is 0 Å². The third-order valence-electron chi connectivity index (χ3n) is 3.89. The molecule has 3 N–H and O–H groups in total. The third-order valence-corrected chi connectivity index (χ3v) is 3.89. The first-order chi connectivity index (χ1) is 9.92. The number of rotatable bonds is 3. The van der Waals surface area contributed by atoms with Gasteiger partial charge in [0.25, 0.3) is 0 Å². The molecule has 1 aliphatic heterocycles. The van der Waals surface area contributed by atoms with Crippen LogP contribution in [0.1, 0.15) is 11.1 Å². The number of para-hydroxylation sites is 1. The van der Waals surface area contributed by atoms with Crippen LogP contribution in [0.4, 0.5) is 11.4 Å². The summed E-state index contributed by atoms with van der Waals surface area (Å²) in [6.45, 7) is 1.87. The zero-order valence-corrected chi connectivity index (χ0v) is 11.1. The second-order valence-corrected chi connectivity index (χ2v) is 5.12. The van der Waals surface area contributed by atoms with Crippen LogP contribution in [-0.4, -0.2) is 16.7 Å². The maximum atomic E-state index is 4.10. The van der Waals surface area contributed by atoms with Gasteiger partial charge in [0, 0.05) is 29.9 Å². The Morgan fingerprint density at radius 3 is 3.10 bits per heavy atom. The summed E-state index contributed by atoms with van der Waals surface area (Å²) in [4.78, 5) is 0. The minimum atomic E-state index is 0.820. The molecule has 1 aliphatic rings. The van der Waals surface area contributed by atoms with E-state index in [1.165, 1.54) is 16.8 Å². The molecule has 2 aromatic carbocycles. The average molecular weight is 264 g/mol. The first-order valence-corrected chi connectivity index (χ1v) is 6.92. The Bertz CT molecular complexity index is 760. The summed E-state index contributed by atoms with van der Waals surface area (Å²) in [6, 6.07) is 12.7. The number of benzene rings is 2. The molecule has 0 radical (unpaired) electrons. The van der Waals surface area contributed by atoms with Crippen LogP contribution in [-0.2, 0) is 13.0 Å². The molecule has 0 aliphatic carbocycles. The van der Waals surface area contributed by atoms with Crippen LogP contribution in [0.15, 0.2) is 42.6 Å². The van der Waals surface area contributed by atoms with Crippen molar-refractivity contribution in [1.29, 1.82) is 0 Å². The quantitative estimate of drug-likeness (QED) is 0.681. The second kappa shape index (κ2) is 4.56. The molecule has 0 atom stereocenters. The van der Waals surface area contributed by atoms with Crippen molar-refractivity contribution in [3.8, 4) is 0 Å². The lowest BCUT2D eigenvalue weighted by molar-refractivity contribution is 1.11. The molecule has 100 valence electrons. The number of hydrogen-bond donors (Lipinski definition) is 3. The highest BCUT2D eigenvalue weighted by atomic mass is 15.1. The molecule has 0 amide bonds. The van der Waals surface area contributed by atoms with Crippen molar-refractivity contribution >= 4 is 22.3 Å². The molecule has 2 heterocycles. The van der Waals surface area contributed by atoms with Gasteiger partial charge in [0.2, 0.25) is 0 Å². The van der Waals surface area contributed by atoms with Gasteiger partial charge >= 0.3 is 0 Å². The van der Waals surface area contributed by atoms with Gasteiger partial charge in [-0.2, -0.15) is 5.10 Å². The minimum absolute atomic E-state index is 0.820. The number of anilines is 2. The molecule has 1 aromatic heterocycles. The van der Waals surface area contributed by atoms with Crippen molar-refractivity contribution in [2.75, 3.05) is 17.2 Å². The number of aromatic amines is 1. The normalized spacial score (nSPS) is 13.2. The van der Waals surface area contributed by atoms with Crippen LogP contribution >= 0.6 is 0 Å². The van der Waals surface area contributed by atoms with Crippen LogP contribution in [0.3, 0.4) is 0 Å².